The van der Waals surface area contributed by atoms with Crippen LogP contribution in [0.15, 0.2) is 12.1 Å². The van der Waals surface area contributed by atoms with Gasteiger partial charge in [0.15, 0.2) is 0 Å². The zero-order valence-corrected chi connectivity index (χ0v) is 14.6. The third-order valence-corrected chi connectivity index (χ3v) is 4.19. The Hall–Kier alpha value is -0.820. The molecule has 0 heterocycles. The Morgan fingerprint density at radius 1 is 1.05 bits per heavy atom. The lowest BCUT2D eigenvalue weighted by atomic mass is 9.83. The van der Waals surface area contributed by atoms with Crippen LogP contribution < -0.4 is 5.32 Å². The molecule has 1 aromatic rings. The van der Waals surface area contributed by atoms with Gasteiger partial charge in [-0.1, -0.05) is 46.8 Å². The minimum absolute atomic E-state index is 0.235. The van der Waals surface area contributed by atoms with Gasteiger partial charge in [0.1, 0.15) is 0 Å². The molecule has 1 aromatic carbocycles. The highest BCUT2D eigenvalue weighted by Gasteiger charge is 2.17. The summed E-state index contributed by atoms with van der Waals surface area (Å²) in [7, 11) is 0. The second-order valence-corrected chi connectivity index (χ2v) is 7.10. The van der Waals surface area contributed by atoms with Crippen LogP contribution >= 0.6 is 0 Å². The van der Waals surface area contributed by atoms with Gasteiger partial charge in [-0.2, -0.15) is 0 Å². The van der Waals surface area contributed by atoms with E-state index >= 15 is 0 Å². The van der Waals surface area contributed by atoms with Crippen molar-refractivity contribution in [2.75, 3.05) is 6.54 Å². The summed E-state index contributed by atoms with van der Waals surface area (Å²) in [5.74, 6) is 0. The molecular formula is C19H33N. The van der Waals surface area contributed by atoms with Gasteiger partial charge >= 0.3 is 0 Å². The number of aryl methyl sites for hydroxylation is 2. The highest BCUT2D eigenvalue weighted by atomic mass is 14.9. The van der Waals surface area contributed by atoms with Crippen LogP contribution in [-0.4, -0.2) is 12.6 Å². The fourth-order valence-corrected chi connectivity index (χ4v) is 2.70. The molecule has 0 saturated carbocycles. The predicted molar refractivity (Wildman–Crippen MR) is 90.7 cm³/mol. The number of rotatable bonds is 6. The van der Waals surface area contributed by atoms with Crippen molar-refractivity contribution in [3.63, 3.8) is 0 Å². The fraction of sp³-hybridized carbons (Fsp3) is 0.684. The molecule has 0 fully saturated rings. The summed E-state index contributed by atoms with van der Waals surface area (Å²) in [6.07, 6.45) is 3.55. The van der Waals surface area contributed by atoms with Gasteiger partial charge in [-0.05, 0) is 67.3 Å². The summed E-state index contributed by atoms with van der Waals surface area (Å²) >= 11 is 0. The first-order valence-corrected chi connectivity index (χ1v) is 8.13. The molecule has 0 bridgehead atoms. The highest BCUT2D eigenvalue weighted by Crippen LogP contribution is 2.27. The van der Waals surface area contributed by atoms with Gasteiger partial charge in [-0.3, -0.25) is 0 Å². The lowest BCUT2D eigenvalue weighted by molar-refractivity contribution is 0.493. The Labute approximate surface area is 126 Å². The predicted octanol–water partition coefficient (Wildman–Crippen LogP) is 4.92. The maximum atomic E-state index is 3.67. The first-order valence-electron chi connectivity index (χ1n) is 8.13. The molecule has 0 aromatic heterocycles. The van der Waals surface area contributed by atoms with Crippen molar-refractivity contribution in [3.05, 3.63) is 34.4 Å². The van der Waals surface area contributed by atoms with E-state index in [2.05, 4.69) is 65.9 Å². The second-order valence-electron chi connectivity index (χ2n) is 7.10. The topological polar surface area (TPSA) is 12.0 Å². The standard InChI is InChI=1S/C19H33N/c1-8-10-20-17(9-2)13-18-14(3)11-16(12-15(18)4)19(5,6)7/h11-12,17,20H,8-10,13H2,1-7H3. The van der Waals surface area contributed by atoms with Gasteiger partial charge in [-0.15, -0.1) is 0 Å². The molecule has 1 unspecified atom stereocenters. The molecule has 20 heavy (non-hydrogen) atoms. The molecule has 0 radical (unpaired) electrons. The van der Waals surface area contributed by atoms with Crippen molar-refractivity contribution < 1.29 is 0 Å². The van der Waals surface area contributed by atoms with E-state index < -0.39 is 0 Å². The molecule has 1 heteroatoms. The average Bonchev–Trinajstić information content (AvgIpc) is 2.36. The molecule has 1 nitrogen and oxygen atoms in total. The summed E-state index contributed by atoms with van der Waals surface area (Å²) in [6.45, 7) is 17.0. The Morgan fingerprint density at radius 2 is 1.60 bits per heavy atom. The largest absolute Gasteiger partial charge is 0.314 e. The lowest BCUT2D eigenvalue weighted by Gasteiger charge is -2.24. The summed E-state index contributed by atoms with van der Waals surface area (Å²) < 4.78 is 0. The van der Waals surface area contributed by atoms with Gasteiger partial charge in [0.25, 0.3) is 0 Å². The van der Waals surface area contributed by atoms with Crippen LogP contribution in [0.3, 0.4) is 0 Å². The Balaban J connectivity index is 2.96. The van der Waals surface area contributed by atoms with Crippen molar-refractivity contribution in [2.24, 2.45) is 0 Å². The van der Waals surface area contributed by atoms with Gasteiger partial charge in [0.2, 0.25) is 0 Å². The third-order valence-electron chi connectivity index (χ3n) is 4.19. The Bertz CT molecular complexity index is 403. The van der Waals surface area contributed by atoms with Gasteiger partial charge in [0.05, 0.1) is 0 Å². The minimum Gasteiger partial charge on any atom is -0.314 e. The van der Waals surface area contributed by atoms with E-state index in [1.54, 1.807) is 0 Å². The third kappa shape index (κ3) is 4.63. The normalized spacial score (nSPS) is 13.6. The van der Waals surface area contributed by atoms with Crippen LogP contribution in [0, 0.1) is 13.8 Å². The van der Waals surface area contributed by atoms with Crippen molar-refractivity contribution >= 4 is 0 Å². The van der Waals surface area contributed by atoms with Crippen LogP contribution in [0.2, 0.25) is 0 Å². The van der Waals surface area contributed by atoms with Gasteiger partial charge < -0.3 is 5.32 Å². The zero-order chi connectivity index (χ0) is 15.3. The van der Waals surface area contributed by atoms with Crippen molar-refractivity contribution in [2.45, 2.75) is 79.2 Å². The van der Waals surface area contributed by atoms with E-state index in [4.69, 9.17) is 0 Å². The lowest BCUT2D eigenvalue weighted by Crippen LogP contribution is -2.31. The second kappa shape index (κ2) is 7.26. The summed E-state index contributed by atoms with van der Waals surface area (Å²) in [5, 5.41) is 3.67. The minimum atomic E-state index is 0.235. The molecule has 0 aliphatic carbocycles. The van der Waals surface area contributed by atoms with Crippen molar-refractivity contribution in [3.8, 4) is 0 Å². The molecule has 1 rings (SSSR count). The van der Waals surface area contributed by atoms with Crippen LogP contribution in [-0.2, 0) is 11.8 Å². The van der Waals surface area contributed by atoms with E-state index in [-0.39, 0.29) is 5.41 Å². The Kier molecular flexibility index (Phi) is 6.26. The van der Waals surface area contributed by atoms with E-state index in [1.165, 1.54) is 35.1 Å². The van der Waals surface area contributed by atoms with Crippen LogP contribution in [0.5, 0.6) is 0 Å². The first-order chi connectivity index (χ1) is 9.29. The van der Waals surface area contributed by atoms with Crippen molar-refractivity contribution in [1.29, 1.82) is 0 Å². The molecule has 0 amide bonds. The highest BCUT2D eigenvalue weighted by molar-refractivity contribution is 5.40. The Morgan fingerprint density at radius 3 is 2.00 bits per heavy atom. The average molecular weight is 275 g/mol. The SMILES string of the molecule is CCCNC(CC)Cc1c(C)cc(C(C)(C)C)cc1C. The first kappa shape index (κ1) is 17.2. The number of benzene rings is 1. The number of nitrogens with one attached hydrogen (secondary N) is 1. The van der Waals surface area contributed by atoms with E-state index in [0.717, 1.165) is 13.0 Å². The smallest absolute Gasteiger partial charge is 0.0105 e. The van der Waals surface area contributed by atoms with E-state index in [1.807, 2.05) is 0 Å². The van der Waals surface area contributed by atoms with Gasteiger partial charge in [0, 0.05) is 6.04 Å². The summed E-state index contributed by atoms with van der Waals surface area (Å²) in [5.41, 5.74) is 6.12. The van der Waals surface area contributed by atoms with Crippen LogP contribution in [0.25, 0.3) is 0 Å². The maximum absolute atomic E-state index is 3.67. The number of hydrogen-bond donors (Lipinski definition) is 1. The van der Waals surface area contributed by atoms with Gasteiger partial charge in [-0.25, -0.2) is 0 Å². The summed E-state index contributed by atoms with van der Waals surface area (Å²) in [4.78, 5) is 0. The van der Waals surface area contributed by atoms with E-state index in [0.29, 0.717) is 6.04 Å². The zero-order valence-electron chi connectivity index (χ0n) is 14.6. The fourth-order valence-electron chi connectivity index (χ4n) is 2.70. The molecule has 0 aliphatic rings. The monoisotopic (exact) mass is 275 g/mol. The summed E-state index contributed by atoms with van der Waals surface area (Å²) in [6, 6.07) is 5.37. The van der Waals surface area contributed by atoms with E-state index in [9.17, 15) is 0 Å². The van der Waals surface area contributed by atoms with Crippen LogP contribution in [0.4, 0.5) is 0 Å². The maximum Gasteiger partial charge on any atom is 0.0105 e. The van der Waals surface area contributed by atoms with Crippen molar-refractivity contribution in [1.82, 2.24) is 5.32 Å². The molecule has 0 saturated heterocycles. The number of hydrogen-bond acceptors (Lipinski definition) is 1. The quantitative estimate of drug-likeness (QED) is 0.777. The van der Waals surface area contributed by atoms with Crippen LogP contribution in [0.1, 0.15) is 69.7 Å². The molecular weight excluding hydrogens is 242 g/mol. The molecule has 0 spiro atoms. The molecule has 1 atom stereocenters. The molecule has 1 N–H and O–H groups in total. The molecule has 0 aliphatic heterocycles. The molecule has 114 valence electrons.